The van der Waals surface area contributed by atoms with Gasteiger partial charge in [-0.05, 0) is 12.1 Å². The van der Waals surface area contributed by atoms with Crippen LogP contribution in [0.25, 0.3) is 10.7 Å². The number of hydrogen-bond donors (Lipinski definition) is 1. The molecule has 0 fully saturated rings. The third-order valence-corrected chi connectivity index (χ3v) is 3.66. The van der Waals surface area contributed by atoms with Gasteiger partial charge in [0.2, 0.25) is 0 Å². The van der Waals surface area contributed by atoms with E-state index in [9.17, 15) is 17.6 Å². The van der Waals surface area contributed by atoms with Crippen LogP contribution in [0.15, 0.2) is 18.3 Å². The van der Waals surface area contributed by atoms with E-state index in [0.29, 0.717) is 0 Å². The van der Waals surface area contributed by atoms with Crippen LogP contribution in [0, 0.1) is 5.82 Å². The second-order valence-corrected chi connectivity index (χ2v) is 5.74. The molecule has 0 saturated heterocycles. The molecule has 3 nitrogen and oxygen atoms in total. The number of nitrogens with one attached hydrogen (secondary N) is 1. The number of alkyl halides is 3. The predicted molar refractivity (Wildman–Crippen MR) is 72.3 cm³/mol. The molecule has 114 valence electrons. The Morgan fingerprint density at radius 2 is 2.05 bits per heavy atom. The molecule has 8 heteroatoms. The zero-order chi connectivity index (χ0) is 15.6. The lowest BCUT2D eigenvalue weighted by Gasteiger charge is -2.09. The molecule has 2 aromatic heterocycles. The first-order valence-electron chi connectivity index (χ1n) is 6.20. The van der Waals surface area contributed by atoms with E-state index in [-0.39, 0.29) is 28.2 Å². The lowest BCUT2D eigenvalue weighted by Crippen LogP contribution is -2.23. The SMILES string of the molecule is CC(C)NCc1sc(-c2ncccc2F)nc1C(F)(F)F. The van der Waals surface area contributed by atoms with Gasteiger partial charge in [-0.1, -0.05) is 13.8 Å². The highest BCUT2D eigenvalue weighted by atomic mass is 32.1. The van der Waals surface area contributed by atoms with Gasteiger partial charge in [0.25, 0.3) is 0 Å². The Bertz CT molecular complexity index is 622. The van der Waals surface area contributed by atoms with Crippen LogP contribution in [0.2, 0.25) is 0 Å². The quantitative estimate of drug-likeness (QED) is 0.870. The summed E-state index contributed by atoms with van der Waals surface area (Å²) in [7, 11) is 0. The maximum atomic E-state index is 13.6. The standard InChI is InChI=1S/C13H13F4N3S/c1-7(2)19-6-9-11(13(15,16)17)20-12(21-9)10-8(14)4-3-5-18-10/h3-5,7,19H,6H2,1-2H3. The molecule has 2 rings (SSSR count). The van der Waals surface area contributed by atoms with Gasteiger partial charge in [0.05, 0.1) is 4.88 Å². The van der Waals surface area contributed by atoms with Crippen LogP contribution in [0.5, 0.6) is 0 Å². The first-order valence-corrected chi connectivity index (χ1v) is 7.02. The number of halogens is 4. The van der Waals surface area contributed by atoms with Crippen LogP contribution in [0.4, 0.5) is 17.6 Å². The molecule has 0 spiro atoms. The Balaban J connectivity index is 2.43. The molecule has 21 heavy (non-hydrogen) atoms. The summed E-state index contributed by atoms with van der Waals surface area (Å²) in [4.78, 5) is 7.33. The van der Waals surface area contributed by atoms with Crippen molar-refractivity contribution in [2.24, 2.45) is 0 Å². The van der Waals surface area contributed by atoms with Gasteiger partial charge >= 0.3 is 6.18 Å². The van der Waals surface area contributed by atoms with E-state index in [1.54, 1.807) is 0 Å². The molecule has 0 aromatic carbocycles. The van der Waals surface area contributed by atoms with Crippen molar-refractivity contribution in [3.8, 4) is 10.7 Å². The summed E-state index contributed by atoms with van der Waals surface area (Å²) in [5.74, 6) is -0.691. The zero-order valence-corrected chi connectivity index (χ0v) is 12.1. The summed E-state index contributed by atoms with van der Waals surface area (Å²) in [6.45, 7) is 3.68. The Morgan fingerprint density at radius 1 is 1.33 bits per heavy atom. The fourth-order valence-electron chi connectivity index (χ4n) is 1.63. The van der Waals surface area contributed by atoms with Crippen molar-refractivity contribution < 1.29 is 17.6 Å². The lowest BCUT2D eigenvalue weighted by atomic mass is 10.3. The van der Waals surface area contributed by atoms with Crippen LogP contribution in [-0.2, 0) is 12.7 Å². The third-order valence-electron chi connectivity index (χ3n) is 2.60. The average molecular weight is 319 g/mol. The van der Waals surface area contributed by atoms with Crippen molar-refractivity contribution in [1.82, 2.24) is 15.3 Å². The molecule has 0 unspecified atom stereocenters. The molecule has 0 atom stereocenters. The molecular weight excluding hydrogens is 306 g/mol. The Hall–Kier alpha value is -1.54. The van der Waals surface area contributed by atoms with Crippen LogP contribution in [-0.4, -0.2) is 16.0 Å². The number of nitrogens with zero attached hydrogens (tertiary/aromatic N) is 2. The number of aromatic nitrogens is 2. The van der Waals surface area contributed by atoms with E-state index in [1.165, 1.54) is 12.3 Å². The fourth-order valence-corrected chi connectivity index (χ4v) is 2.66. The van der Waals surface area contributed by atoms with Gasteiger partial charge < -0.3 is 5.32 Å². The molecule has 0 aliphatic carbocycles. The summed E-state index contributed by atoms with van der Waals surface area (Å²) in [6, 6.07) is 2.55. The highest BCUT2D eigenvalue weighted by Crippen LogP contribution is 2.37. The summed E-state index contributed by atoms with van der Waals surface area (Å²) in [5, 5.41) is 2.84. The summed E-state index contributed by atoms with van der Waals surface area (Å²) in [5.41, 5.74) is -1.15. The molecule has 0 aliphatic rings. The van der Waals surface area contributed by atoms with E-state index >= 15 is 0 Å². The molecule has 0 radical (unpaired) electrons. The van der Waals surface area contributed by atoms with Crippen LogP contribution < -0.4 is 5.32 Å². The van der Waals surface area contributed by atoms with Gasteiger partial charge in [0.1, 0.15) is 10.7 Å². The average Bonchev–Trinajstić information content (AvgIpc) is 2.81. The normalized spacial score (nSPS) is 12.1. The smallest absolute Gasteiger partial charge is 0.310 e. The summed E-state index contributed by atoms with van der Waals surface area (Å²) in [6.07, 6.45) is -3.26. The molecule has 0 aliphatic heterocycles. The largest absolute Gasteiger partial charge is 0.434 e. The van der Waals surface area contributed by atoms with Crippen LogP contribution in [0.3, 0.4) is 0 Å². The van der Waals surface area contributed by atoms with Crippen molar-refractivity contribution in [1.29, 1.82) is 0 Å². The monoisotopic (exact) mass is 319 g/mol. The number of rotatable bonds is 4. The van der Waals surface area contributed by atoms with Crippen LogP contribution >= 0.6 is 11.3 Å². The number of hydrogen-bond acceptors (Lipinski definition) is 4. The van der Waals surface area contributed by atoms with Gasteiger partial charge in [-0.2, -0.15) is 13.2 Å². The van der Waals surface area contributed by atoms with Crippen molar-refractivity contribution >= 4 is 11.3 Å². The molecular formula is C13H13F4N3S. The van der Waals surface area contributed by atoms with Crippen molar-refractivity contribution in [2.45, 2.75) is 32.6 Å². The van der Waals surface area contributed by atoms with E-state index in [2.05, 4.69) is 15.3 Å². The predicted octanol–water partition coefficient (Wildman–Crippen LogP) is 3.86. The highest BCUT2D eigenvalue weighted by molar-refractivity contribution is 7.15. The lowest BCUT2D eigenvalue weighted by molar-refractivity contribution is -0.141. The Labute approximate surface area is 123 Å². The van der Waals surface area contributed by atoms with Gasteiger partial charge in [-0.15, -0.1) is 11.3 Å². The minimum absolute atomic E-state index is 0.0243. The maximum Gasteiger partial charge on any atom is 0.434 e. The third kappa shape index (κ3) is 3.76. The second-order valence-electron chi connectivity index (χ2n) is 4.66. The minimum Gasteiger partial charge on any atom is -0.310 e. The van der Waals surface area contributed by atoms with E-state index in [4.69, 9.17) is 0 Å². The van der Waals surface area contributed by atoms with E-state index in [0.717, 1.165) is 17.4 Å². The molecule has 2 aromatic rings. The topological polar surface area (TPSA) is 37.8 Å². The Morgan fingerprint density at radius 3 is 2.62 bits per heavy atom. The maximum absolute atomic E-state index is 13.6. The zero-order valence-electron chi connectivity index (χ0n) is 11.3. The summed E-state index contributed by atoms with van der Waals surface area (Å²) >= 11 is 0.800. The van der Waals surface area contributed by atoms with Gasteiger partial charge in [-0.25, -0.2) is 9.37 Å². The first kappa shape index (κ1) is 15.8. The first-order chi connectivity index (χ1) is 9.79. The number of thiazole rings is 1. The Kier molecular flexibility index (Phi) is 4.58. The van der Waals surface area contributed by atoms with Crippen molar-refractivity contribution in [2.75, 3.05) is 0 Å². The number of pyridine rings is 1. The molecule has 0 saturated carbocycles. The molecule has 0 bridgehead atoms. The van der Waals surface area contributed by atoms with E-state index in [1.807, 2.05) is 13.8 Å². The fraction of sp³-hybridized carbons (Fsp3) is 0.385. The molecule has 0 amide bonds. The van der Waals surface area contributed by atoms with Gasteiger partial charge in [-0.3, -0.25) is 4.98 Å². The van der Waals surface area contributed by atoms with Gasteiger partial charge in [0.15, 0.2) is 11.5 Å². The van der Waals surface area contributed by atoms with E-state index < -0.39 is 17.7 Å². The second kappa shape index (κ2) is 6.07. The van der Waals surface area contributed by atoms with Gasteiger partial charge in [0, 0.05) is 18.8 Å². The van der Waals surface area contributed by atoms with Crippen molar-refractivity contribution in [3.63, 3.8) is 0 Å². The molecule has 1 N–H and O–H groups in total. The highest BCUT2D eigenvalue weighted by Gasteiger charge is 2.37. The minimum atomic E-state index is -4.58. The van der Waals surface area contributed by atoms with Crippen molar-refractivity contribution in [3.05, 3.63) is 34.7 Å². The van der Waals surface area contributed by atoms with Crippen LogP contribution in [0.1, 0.15) is 24.4 Å². The summed E-state index contributed by atoms with van der Waals surface area (Å²) < 4.78 is 52.6. The molecule has 2 heterocycles.